The van der Waals surface area contributed by atoms with Crippen LogP contribution in [-0.2, 0) is 0 Å². The van der Waals surface area contributed by atoms with E-state index in [0.29, 0.717) is 32.3 Å². The molecule has 5 rings (SSSR count). The number of aryl methyl sites for hydroxylation is 2. The van der Waals surface area contributed by atoms with Gasteiger partial charge >= 0.3 is 0 Å². The lowest BCUT2D eigenvalue weighted by Gasteiger charge is -2.11. The van der Waals surface area contributed by atoms with Gasteiger partial charge in [-0.2, -0.15) is 15.0 Å². The SMILES string of the molecule is Cc1ccc(Nc2nc(Nc3ccc(C)c(Cl)c3)nc(Sc3nc4ccccc4[nH]3)n2)cc1Cl. The van der Waals surface area contributed by atoms with E-state index >= 15 is 0 Å². The Bertz CT molecular complexity index is 1400. The molecule has 0 unspecified atom stereocenters. The van der Waals surface area contributed by atoms with Gasteiger partial charge in [-0.05, 0) is 73.1 Å². The highest BCUT2D eigenvalue weighted by atomic mass is 35.5. The molecule has 0 fully saturated rings. The smallest absolute Gasteiger partial charge is 0.233 e. The number of fused-ring (bicyclic) bond motifs is 1. The molecule has 0 spiro atoms. The first kappa shape index (κ1) is 22.5. The van der Waals surface area contributed by atoms with Crippen molar-refractivity contribution in [3.05, 3.63) is 81.8 Å². The molecule has 0 bridgehead atoms. The summed E-state index contributed by atoms with van der Waals surface area (Å²) in [5.74, 6) is 0.739. The summed E-state index contributed by atoms with van der Waals surface area (Å²) in [6, 6.07) is 19.2. The number of aromatic nitrogens is 5. The highest BCUT2D eigenvalue weighted by Gasteiger charge is 2.12. The summed E-state index contributed by atoms with van der Waals surface area (Å²) in [7, 11) is 0. The number of aromatic amines is 1. The lowest BCUT2D eigenvalue weighted by molar-refractivity contribution is 0.913. The first-order chi connectivity index (χ1) is 16.4. The zero-order valence-corrected chi connectivity index (χ0v) is 20.6. The van der Waals surface area contributed by atoms with Crippen molar-refractivity contribution in [3.63, 3.8) is 0 Å². The number of nitrogens with one attached hydrogen (secondary N) is 3. The van der Waals surface area contributed by atoms with Crippen molar-refractivity contribution >= 4 is 69.3 Å². The predicted molar refractivity (Wildman–Crippen MR) is 139 cm³/mol. The highest BCUT2D eigenvalue weighted by molar-refractivity contribution is 7.99. The molecule has 0 radical (unpaired) electrons. The Balaban J connectivity index is 1.49. The third-order valence-electron chi connectivity index (χ3n) is 5.03. The van der Waals surface area contributed by atoms with E-state index in [0.717, 1.165) is 33.5 Å². The van der Waals surface area contributed by atoms with Gasteiger partial charge in [0.1, 0.15) is 0 Å². The molecule has 3 aromatic carbocycles. The van der Waals surface area contributed by atoms with Crippen LogP contribution < -0.4 is 10.6 Å². The van der Waals surface area contributed by atoms with Crippen LogP contribution in [0.15, 0.2) is 71.0 Å². The second-order valence-corrected chi connectivity index (χ2v) is 9.37. The minimum absolute atomic E-state index is 0.370. The number of imidazole rings is 1. The zero-order valence-electron chi connectivity index (χ0n) is 18.2. The van der Waals surface area contributed by atoms with E-state index in [4.69, 9.17) is 23.2 Å². The zero-order chi connectivity index (χ0) is 23.7. The minimum Gasteiger partial charge on any atom is -0.333 e. The molecule has 2 heterocycles. The van der Waals surface area contributed by atoms with E-state index in [9.17, 15) is 0 Å². The summed E-state index contributed by atoms with van der Waals surface area (Å²) in [6.45, 7) is 3.90. The van der Waals surface area contributed by atoms with Crippen molar-refractivity contribution in [3.8, 4) is 0 Å². The second-order valence-electron chi connectivity index (χ2n) is 7.60. The predicted octanol–water partition coefficient (Wildman–Crippen LogP) is 7.31. The number of anilines is 4. The van der Waals surface area contributed by atoms with E-state index in [-0.39, 0.29) is 0 Å². The van der Waals surface area contributed by atoms with Crippen LogP contribution in [-0.4, -0.2) is 24.9 Å². The van der Waals surface area contributed by atoms with E-state index < -0.39 is 0 Å². The summed E-state index contributed by atoms with van der Waals surface area (Å²) >= 11 is 13.9. The van der Waals surface area contributed by atoms with Gasteiger partial charge in [0.2, 0.25) is 17.1 Å². The van der Waals surface area contributed by atoms with Gasteiger partial charge in [0.25, 0.3) is 0 Å². The number of para-hydroxylation sites is 2. The van der Waals surface area contributed by atoms with Crippen molar-refractivity contribution in [1.29, 1.82) is 0 Å². The van der Waals surface area contributed by atoms with Crippen LogP contribution in [0.1, 0.15) is 11.1 Å². The van der Waals surface area contributed by atoms with Crippen molar-refractivity contribution in [2.75, 3.05) is 10.6 Å². The van der Waals surface area contributed by atoms with Crippen molar-refractivity contribution in [2.45, 2.75) is 24.2 Å². The van der Waals surface area contributed by atoms with Gasteiger partial charge in [0.05, 0.1) is 11.0 Å². The third kappa shape index (κ3) is 5.09. The molecule has 2 aromatic heterocycles. The van der Waals surface area contributed by atoms with Gasteiger partial charge in [-0.1, -0.05) is 47.5 Å². The molecule has 170 valence electrons. The fraction of sp³-hybridized carbons (Fsp3) is 0.0833. The molecule has 0 atom stereocenters. The molecule has 3 N–H and O–H groups in total. The molecule has 0 amide bonds. The highest BCUT2D eigenvalue weighted by Crippen LogP contribution is 2.29. The fourth-order valence-electron chi connectivity index (χ4n) is 3.18. The number of benzene rings is 3. The molecule has 0 aliphatic heterocycles. The lowest BCUT2D eigenvalue weighted by atomic mass is 10.2. The van der Waals surface area contributed by atoms with Crippen molar-refractivity contribution in [2.24, 2.45) is 0 Å². The standard InChI is InChI=1S/C24H19Cl2N7S/c1-13-7-9-15(11-17(13)25)27-21-31-22(28-16-10-8-14(2)18(26)12-16)33-24(32-21)34-23-29-19-5-3-4-6-20(19)30-23/h3-12H,1-2H3,(H,29,30)(H2,27,28,31,32,33). The van der Waals surface area contributed by atoms with Crippen molar-refractivity contribution < 1.29 is 0 Å². The van der Waals surface area contributed by atoms with Gasteiger partial charge in [-0.25, -0.2) is 4.98 Å². The summed E-state index contributed by atoms with van der Waals surface area (Å²) in [4.78, 5) is 21.6. The maximum absolute atomic E-state index is 6.29. The first-order valence-electron chi connectivity index (χ1n) is 10.4. The topological polar surface area (TPSA) is 91.4 Å². The van der Waals surface area contributed by atoms with E-state index in [1.165, 1.54) is 11.8 Å². The van der Waals surface area contributed by atoms with Crippen LogP contribution in [0.25, 0.3) is 11.0 Å². The summed E-state index contributed by atoms with van der Waals surface area (Å²) in [5, 5.41) is 8.89. The largest absolute Gasteiger partial charge is 0.333 e. The molecule has 5 aromatic rings. The number of halogens is 2. The Morgan fingerprint density at radius 2 is 1.32 bits per heavy atom. The Kier molecular flexibility index (Phi) is 6.28. The third-order valence-corrected chi connectivity index (χ3v) is 6.59. The van der Waals surface area contributed by atoms with Crippen LogP contribution >= 0.6 is 35.0 Å². The molecular formula is C24H19Cl2N7S. The van der Waals surface area contributed by atoms with Crippen LogP contribution in [0.2, 0.25) is 10.0 Å². The van der Waals surface area contributed by atoms with Crippen LogP contribution in [0.3, 0.4) is 0 Å². The van der Waals surface area contributed by atoms with Gasteiger partial charge in [-0.3, -0.25) is 0 Å². The second kappa shape index (κ2) is 9.50. The van der Waals surface area contributed by atoms with Crippen LogP contribution in [0, 0.1) is 13.8 Å². The summed E-state index contributed by atoms with van der Waals surface area (Å²) < 4.78 is 0. The lowest BCUT2D eigenvalue weighted by Crippen LogP contribution is -2.05. The average Bonchev–Trinajstić information content (AvgIpc) is 3.21. The average molecular weight is 508 g/mol. The van der Waals surface area contributed by atoms with Gasteiger partial charge in [-0.15, -0.1) is 0 Å². The molecule has 7 nitrogen and oxygen atoms in total. The maximum atomic E-state index is 6.29. The van der Waals surface area contributed by atoms with Gasteiger partial charge < -0.3 is 15.6 Å². The van der Waals surface area contributed by atoms with E-state index in [1.54, 1.807) is 0 Å². The molecule has 10 heteroatoms. The molecular weight excluding hydrogens is 489 g/mol. The summed E-state index contributed by atoms with van der Waals surface area (Å²) in [6.07, 6.45) is 0. The Morgan fingerprint density at radius 3 is 1.88 bits per heavy atom. The number of rotatable bonds is 6. The summed E-state index contributed by atoms with van der Waals surface area (Å²) in [5.41, 5.74) is 5.33. The number of nitrogens with zero attached hydrogens (tertiary/aromatic N) is 4. The fourth-order valence-corrected chi connectivity index (χ4v) is 4.28. The number of H-pyrrole nitrogens is 1. The molecule has 0 aliphatic carbocycles. The van der Waals surface area contributed by atoms with E-state index in [1.807, 2.05) is 74.5 Å². The minimum atomic E-state index is 0.370. The Hall–Kier alpha value is -3.33. The van der Waals surface area contributed by atoms with Gasteiger partial charge in [0.15, 0.2) is 5.16 Å². The van der Waals surface area contributed by atoms with Gasteiger partial charge in [0, 0.05) is 21.4 Å². The quantitative estimate of drug-likeness (QED) is 0.222. The monoisotopic (exact) mass is 507 g/mol. The maximum Gasteiger partial charge on any atom is 0.233 e. The van der Waals surface area contributed by atoms with Crippen LogP contribution in [0.5, 0.6) is 0 Å². The number of hydrogen-bond acceptors (Lipinski definition) is 7. The molecule has 0 saturated heterocycles. The Morgan fingerprint density at radius 1 is 0.735 bits per heavy atom. The van der Waals surface area contributed by atoms with E-state index in [2.05, 4.69) is 35.6 Å². The normalized spacial score (nSPS) is 11.1. The molecule has 34 heavy (non-hydrogen) atoms. The molecule has 0 aliphatic rings. The first-order valence-corrected chi connectivity index (χ1v) is 12.0. The van der Waals surface area contributed by atoms with Crippen molar-refractivity contribution in [1.82, 2.24) is 24.9 Å². The number of hydrogen-bond donors (Lipinski definition) is 3. The Labute approximate surface area is 210 Å². The molecule has 0 saturated carbocycles. The van der Waals surface area contributed by atoms with Crippen LogP contribution in [0.4, 0.5) is 23.3 Å².